The molecule has 4 heteroatoms. The molecule has 0 radical (unpaired) electrons. The van der Waals surface area contributed by atoms with Crippen molar-refractivity contribution in [1.82, 2.24) is 10.3 Å². The first-order chi connectivity index (χ1) is 6.65. The van der Waals surface area contributed by atoms with E-state index in [2.05, 4.69) is 17.2 Å². The number of hydrogen-bond donors (Lipinski definition) is 2. The molecule has 0 saturated heterocycles. The Morgan fingerprint density at radius 1 is 1.50 bits per heavy atom. The first kappa shape index (κ1) is 11.6. The molecule has 3 nitrogen and oxygen atoms in total. The van der Waals surface area contributed by atoms with E-state index < -0.39 is 0 Å². The minimum absolute atomic E-state index is 0.250. The second-order valence-electron chi connectivity index (χ2n) is 3.44. The van der Waals surface area contributed by atoms with Crippen molar-refractivity contribution in [2.75, 3.05) is 13.2 Å². The van der Waals surface area contributed by atoms with Gasteiger partial charge in [-0.15, -0.1) is 11.3 Å². The van der Waals surface area contributed by atoms with Crippen molar-refractivity contribution in [2.24, 2.45) is 0 Å². The summed E-state index contributed by atoms with van der Waals surface area (Å²) < 4.78 is 0. The predicted molar refractivity (Wildman–Crippen MR) is 59.7 cm³/mol. The first-order valence-corrected chi connectivity index (χ1v) is 5.75. The maximum Gasteiger partial charge on any atom is 0.0900 e. The molecule has 0 aliphatic rings. The van der Waals surface area contributed by atoms with Gasteiger partial charge in [0.25, 0.3) is 0 Å². The molecule has 1 rings (SSSR count). The van der Waals surface area contributed by atoms with Crippen LogP contribution < -0.4 is 5.32 Å². The van der Waals surface area contributed by atoms with Crippen molar-refractivity contribution in [2.45, 2.75) is 33.2 Å². The van der Waals surface area contributed by atoms with Crippen molar-refractivity contribution < 1.29 is 5.11 Å². The van der Waals surface area contributed by atoms with Crippen LogP contribution in [0.3, 0.4) is 0 Å². The molecule has 1 aromatic rings. The van der Waals surface area contributed by atoms with Gasteiger partial charge in [-0.2, -0.15) is 0 Å². The average Bonchev–Trinajstić information content (AvgIpc) is 2.45. The fraction of sp³-hybridized carbons (Fsp3) is 0.700. The first-order valence-electron chi connectivity index (χ1n) is 4.93. The van der Waals surface area contributed by atoms with Crippen LogP contribution in [-0.4, -0.2) is 23.2 Å². The Morgan fingerprint density at radius 3 is 2.71 bits per heavy atom. The molecular weight excluding hydrogens is 196 g/mol. The number of rotatable bonds is 5. The highest BCUT2D eigenvalue weighted by Crippen LogP contribution is 2.24. The number of aromatic nitrogens is 1. The van der Waals surface area contributed by atoms with E-state index in [1.54, 1.807) is 11.3 Å². The highest BCUT2D eigenvalue weighted by atomic mass is 32.1. The Kier molecular flexibility index (Phi) is 4.51. The monoisotopic (exact) mass is 214 g/mol. The van der Waals surface area contributed by atoms with Crippen LogP contribution in [0.1, 0.15) is 35.0 Å². The van der Waals surface area contributed by atoms with Crippen molar-refractivity contribution in [3.05, 3.63) is 15.6 Å². The zero-order chi connectivity index (χ0) is 10.6. The van der Waals surface area contributed by atoms with Crippen LogP contribution in [-0.2, 0) is 0 Å². The zero-order valence-electron chi connectivity index (χ0n) is 9.00. The molecule has 1 heterocycles. The third kappa shape index (κ3) is 3.04. The van der Waals surface area contributed by atoms with E-state index in [0.29, 0.717) is 6.04 Å². The Bertz CT molecular complexity index is 286. The summed E-state index contributed by atoms with van der Waals surface area (Å²) in [4.78, 5) is 5.70. The van der Waals surface area contributed by atoms with Crippen molar-refractivity contribution in [1.29, 1.82) is 0 Å². The van der Waals surface area contributed by atoms with E-state index in [1.807, 2.05) is 13.8 Å². The van der Waals surface area contributed by atoms with Crippen LogP contribution in [0, 0.1) is 13.8 Å². The Hall–Kier alpha value is -0.450. The van der Waals surface area contributed by atoms with E-state index in [4.69, 9.17) is 5.11 Å². The lowest BCUT2D eigenvalue weighted by Gasteiger charge is -2.11. The molecule has 1 atom stereocenters. The van der Waals surface area contributed by atoms with Gasteiger partial charge in [0.05, 0.1) is 10.7 Å². The van der Waals surface area contributed by atoms with Crippen LogP contribution >= 0.6 is 11.3 Å². The zero-order valence-corrected chi connectivity index (χ0v) is 9.82. The molecule has 14 heavy (non-hydrogen) atoms. The average molecular weight is 214 g/mol. The maximum atomic E-state index is 8.66. The van der Waals surface area contributed by atoms with E-state index >= 15 is 0 Å². The van der Waals surface area contributed by atoms with Crippen LogP contribution in [0.15, 0.2) is 0 Å². The molecule has 0 bridgehead atoms. The summed E-state index contributed by atoms with van der Waals surface area (Å²) in [6.07, 6.45) is 0.807. The predicted octanol–water partition coefficient (Wildman–Crippen LogP) is 1.79. The molecule has 0 aliphatic heterocycles. The molecule has 0 spiro atoms. The molecule has 1 unspecified atom stereocenters. The lowest BCUT2D eigenvalue weighted by Crippen LogP contribution is -2.20. The van der Waals surface area contributed by atoms with Gasteiger partial charge in [0, 0.05) is 17.5 Å². The molecule has 0 fully saturated rings. The summed E-state index contributed by atoms with van der Waals surface area (Å²) in [5.74, 6) is 0. The topological polar surface area (TPSA) is 45.2 Å². The Balaban J connectivity index is 2.51. The van der Waals surface area contributed by atoms with Gasteiger partial charge in [-0.05, 0) is 33.7 Å². The lowest BCUT2D eigenvalue weighted by atomic mass is 10.2. The number of aryl methyl sites for hydroxylation is 2. The fourth-order valence-electron chi connectivity index (χ4n) is 1.44. The highest BCUT2D eigenvalue weighted by Gasteiger charge is 2.11. The summed E-state index contributed by atoms with van der Waals surface area (Å²) in [6, 6.07) is 0.341. The number of nitrogens with zero attached hydrogens (tertiary/aromatic N) is 1. The third-order valence-corrected chi connectivity index (χ3v) is 3.37. The number of nitrogens with one attached hydrogen (secondary N) is 1. The van der Waals surface area contributed by atoms with Gasteiger partial charge in [0.15, 0.2) is 0 Å². The van der Waals surface area contributed by atoms with Gasteiger partial charge in [0.2, 0.25) is 0 Å². The fourth-order valence-corrected chi connectivity index (χ4v) is 2.39. The maximum absolute atomic E-state index is 8.66. The molecule has 0 aliphatic carbocycles. The lowest BCUT2D eigenvalue weighted by molar-refractivity contribution is 0.284. The van der Waals surface area contributed by atoms with E-state index in [9.17, 15) is 0 Å². The van der Waals surface area contributed by atoms with Crippen LogP contribution in [0.5, 0.6) is 0 Å². The highest BCUT2D eigenvalue weighted by molar-refractivity contribution is 7.11. The number of thiazole rings is 1. The van der Waals surface area contributed by atoms with Gasteiger partial charge in [-0.1, -0.05) is 0 Å². The molecule has 2 N–H and O–H groups in total. The molecule has 0 amide bonds. The SMILES string of the molecule is Cc1nc(C)c(C(C)NCCCO)s1. The smallest absolute Gasteiger partial charge is 0.0900 e. The largest absolute Gasteiger partial charge is 0.396 e. The second kappa shape index (κ2) is 5.44. The van der Waals surface area contributed by atoms with Crippen molar-refractivity contribution in [3.63, 3.8) is 0 Å². The van der Waals surface area contributed by atoms with Gasteiger partial charge >= 0.3 is 0 Å². The summed E-state index contributed by atoms with van der Waals surface area (Å²) >= 11 is 1.74. The van der Waals surface area contributed by atoms with Crippen molar-refractivity contribution >= 4 is 11.3 Å². The molecule has 0 saturated carbocycles. The van der Waals surface area contributed by atoms with Gasteiger partial charge in [-0.3, -0.25) is 0 Å². The number of aliphatic hydroxyl groups is 1. The summed E-state index contributed by atoms with van der Waals surface area (Å²) in [5.41, 5.74) is 1.12. The van der Waals surface area contributed by atoms with E-state index in [-0.39, 0.29) is 6.61 Å². The minimum Gasteiger partial charge on any atom is -0.396 e. The number of aliphatic hydroxyl groups excluding tert-OH is 1. The minimum atomic E-state index is 0.250. The molecule has 80 valence electrons. The van der Waals surface area contributed by atoms with Crippen LogP contribution in [0.2, 0.25) is 0 Å². The second-order valence-corrected chi connectivity index (χ2v) is 4.67. The normalized spacial score (nSPS) is 13.1. The van der Waals surface area contributed by atoms with Crippen LogP contribution in [0.25, 0.3) is 0 Å². The molecule has 0 aromatic carbocycles. The standard InChI is InChI=1S/C10H18N2OS/c1-7(11-5-4-6-13)10-8(2)12-9(3)14-10/h7,11,13H,4-6H2,1-3H3. The van der Waals surface area contributed by atoms with E-state index in [0.717, 1.165) is 23.7 Å². The molecular formula is C10H18N2OS. The number of hydrogen-bond acceptors (Lipinski definition) is 4. The van der Waals surface area contributed by atoms with Gasteiger partial charge < -0.3 is 10.4 Å². The Morgan fingerprint density at radius 2 is 2.21 bits per heavy atom. The summed E-state index contributed by atoms with van der Waals surface area (Å²) in [6.45, 7) is 7.32. The van der Waals surface area contributed by atoms with Crippen LogP contribution in [0.4, 0.5) is 0 Å². The van der Waals surface area contributed by atoms with Gasteiger partial charge in [0.1, 0.15) is 0 Å². The quantitative estimate of drug-likeness (QED) is 0.735. The third-order valence-electron chi connectivity index (χ3n) is 2.12. The Labute approximate surface area is 89.2 Å². The van der Waals surface area contributed by atoms with Crippen molar-refractivity contribution in [3.8, 4) is 0 Å². The summed E-state index contributed by atoms with van der Waals surface area (Å²) in [5, 5.41) is 13.1. The van der Waals surface area contributed by atoms with Gasteiger partial charge in [-0.25, -0.2) is 4.98 Å². The molecule has 1 aromatic heterocycles. The summed E-state index contributed by atoms with van der Waals surface area (Å²) in [7, 11) is 0. The van der Waals surface area contributed by atoms with E-state index in [1.165, 1.54) is 4.88 Å².